The summed E-state index contributed by atoms with van der Waals surface area (Å²) in [6, 6.07) is 3.71. The second-order valence-corrected chi connectivity index (χ2v) is 5.62. The summed E-state index contributed by atoms with van der Waals surface area (Å²) in [4.78, 5) is 13.5. The van der Waals surface area contributed by atoms with Crippen LogP contribution < -0.4 is 0 Å². The van der Waals surface area contributed by atoms with E-state index in [4.69, 9.17) is 0 Å². The lowest BCUT2D eigenvalue weighted by molar-refractivity contribution is -0.118. The molecule has 1 aliphatic rings. The topological polar surface area (TPSA) is 20.3 Å². The Morgan fingerprint density at radius 1 is 1.30 bits per heavy atom. The quantitative estimate of drug-likeness (QED) is 0.839. The van der Waals surface area contributed by atoms with Gasteiger partial charge in [0, 0.05) is 24.6 Å². The lowest BCUT2D eigenvalue weighted by atomic mass is 10.0. The van der Waals surface area contributed by atoms with Crippen LogP contribution in [-0.4, -0.2) is 23.3 Å². The smallest absolute Gasteiger partial charge is 0.131 e. The first-order chi connectivity index (χ1) is 9.56. The third-order valence-electron chi connectivity index (χ3n) is 3.90. The lowest BCUT2D eigenvalue weighted by Gasteiger charge is -2.29. The van der Waals surface area contributed by atoms with Crippen LogP contribution in [0.2, 0.25) is 0 Å². The van der Waals surface area contributed by atoms with Gasteiger partial charge in [-0.1, -0.05) is 12.8 Å². The van der Waals surface area contributed by atoms with Crippen LogP contribution in [-0.2, 0) is 11.3 Å². The number of Topliss-reactive ketones (excluding diaryl/α,β-unsaturated/α-hetero) is 1. The Balaban J connectivity index is 2.14. The SMILES string of the molecule is CC(=O)CC1CCCCCN1Cc1cc(F)ccc1F. The van der Waals surface area contributed by atoms with Gasteiger partial charge in [0.2, 0.25) is 0 Å². The average Bonchev–Trinajstić information content (AvgIpc) is 2.59. The average molecular weight is 281 g/mol. The molecular formula is C16H21F2NO. The fourth-order valence-electron chi connectivity index (χ4n) is 2.89. The van der Waals surface area contributed by atoms with E-state index in [0.717, 1.165) is 38.3 Å². The first-order valence-electron chi connectivity index (χ1n) is 7.23. The van der Waals surface area contributed by atoms with Crippen LogP contribution in [0.4, 0.5) is 8.78 Å². The summed E-state index contributed by atoms with van der Waals surface area (Å²) >= 11 is 0. The van der Waals surface area contributed by atoms with Crippen LogP contribution in [0.15, 0.2) is 18.2 Å². The van der Waals surface area contributed by atoms with Crippen LogP contribution in [0.1, 0.15) is 44.6 Å². The van der Waals surface area contributed by atoms with Gasteiger partial charge in [0.25, 0.3) is 0 Å². The Morgan fingerprint density at radius 2 is 2.10 bits per heavy atom. The molecule has 0 bridgehead atoms. The zero-order valence-electron chi connectivity index (χ0n) is 11.9. The summed E-state index contributed by atoms with van der Waals surface area (Å²) in [6.07, 6.45) is 4.73. The molecule has 0 aliphatic carbocycles. The van der Waals surface area contributed by atoms with Crippen molar-refractivity contribution in [2.75, 3.05) is 6.54 Å². The van der Waals surface area contributed by atoms with Crippen LogP contribution in [0.5, 0.6) is 0 Å². The predicted molar refractivity (Wildman–Crippen MR) is 74.3 cm³/mol. The maximum atomic E-state index is 13.8. The van der Waals surface area contributed by atoms with Crippen molar-refractivity contribution in [2.45, 2.75) is 51.6 Å². The molecule has 1 aromatic rings. The van der Waals surface area contributed by atoms with Gasteiger partial charge in [-0.25, -0.2) is 8.78 Å². The Bertz CT molecular complexity index is 476. The number of likely N-dealkylation sites (tertiary alicyclic amines) is 1. The van der Waals surface area contributed by atoms with Gasteiger partial charge in [-0.2, -0.15) is 0 Å². The molecule has 0 N–H and O–H groups in total. The van der Waals surface area contributed by atoms with Crippen LogP contribution in [0, 0.1) is 11.6 Å². The number of ketones is 1. The zero-order chi connectivity index (χ0) is 14.5. The van der Waals surface area contributed by atoms with Gasteiger partial charge in [-0.15, -0.1) is 0 Å². The van der Waals surface area contributed by atoms with E-state index in [2.05, 4.69) is 4.90 Å². The van der Waals surface area contributed by atoms with Gasteiger partial charge in [0.1, 0.15) is 17.4 Å². The first-order valence-corrected chi connectivity index (χ1v) is 7.23. The monoisotopic (exact) mass is 281 g/mol. The minimum absolute atomic E-state index is 0.151. The van der Waals surface area contributed by atoms with Crippen molar-refractivity contribution < 1.29 is 13.6 Å². The number of carbonyl (C=O) groups excluding carboxylic acids is 1. The predicted octanol–water partition coefficient (Wildman–Crippen LogP) is 3.69. The molecule has 1 aliphatic heterocycles. The third kappa shape index (κ3) is 4.10. The van der Waals surface area contributed by atoms with E-state index in [1.807, 2.05) is 0 Å². The van der Waals surface area contributed by atoms with E-state index in [0.29, 0.717) is 18.5 Å². The molecule has 1 unspecified atom stereocenters. The highest BCUT2D eigenvalue weighted by Gasteiger charge is 2.23. The van der Waals surface area contributed by atoms with Gasteiger partial charge < -0.3 is 0 Å². The highest BCUT2D eigenvalue weighted by atomic mass is 19.1. The second kappa shape index (κ2) is 6.93. The summed E-state index contributed by atoms with van der Waals surface area (Å²) in [6.45, 7) is 2.81. The molecule has 1 saturated heterocycles. The van der Waals surface area contributed by atoms with E-state index in [9.17, 15) is 13.6 Å². The van der Waals surface area contributed by atoms with Crippen molar-refractivity contribution in [2.24, 2.45) is 0 Å². The minimum Gasteiger partial charge on any atom is -0.300 e. The molecule has 1 aromatic carbocycles. The maximum absolute atomic E-state index is 13.8. The van der Waals surface area contributed by atoms with Crippen molar-refractivity contribution in [3.05, 3.63) is 35.4 Å². The number of hydrogen-bond donors (Lipinski definition) is 0. The van der Waals surface area contributed by atoms with Gasteiger partial charge >= 0.3 is 0 Å². The minimum atomic E-state index is -0.417. The summed E-state index contributed by atoms with van der Waals surface area (Å²) in [7, 11) is 0. The van der Waals surface area contributed by atoms with Crippen molar-refractivity contribution in [3.63, 3.8) is 0 Å². The van der Waals surface area contributed by atoms with Gasteiger partial charge in [-0.3, -0.25) is 9.69 Å². The van der Waals surface area contributed by atoms with Gasteiger partial charge in [0.15, 0.2) is 0 Å². The first kappa shape index (κ1) is 15.1. The standard InChI is InChI=1S/C16H21F2NO/c1-12(20)9-15-5-3-2-4-8-19(15)11-13-10-14(17)6-7-16(13)18/h6-7,10,15H,2-5,8-9,11H2,1H3. The Hall–Kier alpha value is -1.29. The number of halogens is 2. The molecule has 1 fully saturated rings. The summed E-state index contributed by atoms with van der Waals surface area (Å²) in [5.74, 6) is -0.641. The van der Waals surface area contributed by atoms with E-state index in [1.54, 1.807) is 6.92 Å². The van der Waals surface area contributed by atoms with E-state index >= 15 is 0 Å². The van der Waals surface area contributed by atoms with Crippen LogP contribution in [0.3, 0.4) is 0 Å². The molecule has 2 rings (SSSR count). The molecule has 1 atom stereocenters. The summed E-state index contributed by atoms with van der Waals surface area (Å²) in [5, 5.41) is 0. The zero-order valence-corrected chi connectivity index (χ0v) is 11.9. The van der Waals surface area contributed by atoms with Crippen LogP contribution >= 0.6 is 0 Å². The lowest BCUT2D eigenvalue weighted by Crippen LogP contribution is -2.36. The van der Waals surface area contributed by atoms with Gasteiger partial charge in [-0.05, 0) is 44.5 Å². The molecule has 4 heteroatoms. The third-order valence-corrected chi connectivity index (χ3v) is 3.90. The molecule has 0 saturated carbocycles. The molecule has 0 aromatic heterocycles. The molecule has 1 heterocycles. The number of hydrogen-bond acceptors (Lipinski definition) is 2. The highest BCUT2D eigenvalue weighted by molar-refractivity contribution is 5.76. The molecule has 0 amide bonds. The number of nitrogens with zero attached hydrogens (tertiary/aromatic N) is 1. The van der Waals surface area contributed by atoms with E-state index < -0.39 is 5.82 Å². The molecule has 2 nitrogen and oxygen atoms in total. The van der Waals surface area contributed by atoms with Crippen molar-refractivity contribution in [1.82, 2.24) is 4.90 Å². The molecule has 0 radical (unpaired) electrons. The highest BCUT2D eigenvalue weighted by Crippen LogP contribution is 2.23. The normalized spacial score (nSPS) is 20.6. The Labute approximate surface area is 118 Å². The number of rotatable bonds is 4. The number of carbonyl (C=O) groups is 1. The molecule has 0 spiro atoms. The Morgan fingerprint density at radius 3 is 2.85 bits per heavy atom. The number of benzene rings is 1. The Kier molecular flexibility index (Phi) is 5.24. The van der Waals surface area contributed by atoms with Gasteiger partial charge in [0.05, 0.1) is 0 Å². The van der Waals surface area contributed by atoms with E-state index in [-0.39, 0.29) is 17.6 Å². The molecule has 110 valence electrons. The largest absolute Gasteiger partial charge is 0.300 e. The maximum Gasteiger partial charge on any atom is 0.131 e. The summed E-state index contributed by atoms with van der Waals surface area (Å²) in [5.41, 5.74) is 0.375. The van der Waals surface area contributed by atoms with Crippen molar-refractivity contribution in [1.29, 1.82) is 0 Å². The van der Waals surface area contributed by atoms with Crippen LogP contribution in [0.25, 0.3) is 0 Å². The second-order valence-electron chi connectivity index (χ2n) is 5.62. The van der Waals surface area contributed by atoms with E-state index in [1.165, 1.54) is 12.1 Å². The fraction of sp³-hybridized carbons (Fsp3) is 0.562. The molecular weight excluding hydrogens is 260 g/mol. The van der Waals surface area contributed by atoms with Crippen molar-refractivity contribution in [3.8, 4) is 0 Å². The fourth-order valence-corrected chi connectivity index (χ4v) is 2.89. The van der Waals surface area contributed by atoms with Crippen molar-refractivity contribution >= 4 is 5.78 Å². The molecule has 20 heavy (non-hydrogen) atoms. The summed E-state index contributed by atoms with van der Waals surface area (Å²) < 4.78 is 27.0.